The summed E-state index contributed by atoms with van der Waals surface area (Å²) in [5.74, 6) is -0.751. The van der Waals surface area contributed by atoms with Crippen molar-refractivity contribution in [2.24, 2.45) is 5.41 Å². The Bertz CT molecular complexity index is 574. The van der Waals surface area contributed by atoms with E-state index in [1.807, 2.05) is 0 Å². The molecule has 4 nitrogen and oxygen atoms in total. The standard InChI is InChI=1S/C13H19FN2O2S/c1-13(2)5-7-16(8-6-13)19(17,18)12-9-10(15)3-4-11(12)14/h3-4,9H,5-8,15H2,1-2H3. The molecule has 19 heavy (non-hydrogen) atoms. The van der Waals surface area contributed by atoms with Gasteiger partial charge >= 0.3 is 0 Å². The van der Waals surface area contributed by atoms with Crippen molar-refractivity contribution in [1.82, 2.24) is 4.31 Å². The third kappa shape index (κ3) is 2.90. The number of hydrogen-bond acceptors (Lipinski definition) is 3. The molecule has 1 aromatic carbocycles. The lowest BCUT2D eigenvalue weighted by molar-refractivity contribution is 0.195. The predicted molar refractivity (Wildman–Crippen MR) is 72.6 cm³/mol. The molecule has 1 fully saturated rings. The van der Waals surface area contributed by atoms with Crippen LogP contribution < -0.4 is 5.73 Å². The number of benzene rings is 1. The van der Waals surface area contributed by atoms with Gasteiger partial charge < -0.3 is 5.73 Å². The molecule has 106 valence electrons. The van der Waals surface area contributed by atoms with Crippen LogP contribution >= 0.6 is 0 Å². The molecule has 0 aliphatic carbocycles. The molecular weight excluding hydrogens is 267 g/mol. The van der Waals surface area contributed by atoms with Crippen LogP contribution in [0.15, 0.2) is 23.1 Å². The SMILES string of the molecule is CC1(C)CCN(S(=O)(=O)c2cc(N)ccc2F)CC1. The molecule has 0 bridgehead atoms. The summed E-state index contributed by atoms with van der Waals surface area (Å²) in [6, 6.07) is 3.63. The van der Waals surface area contributed by atoms with Gasteiger partial charge in [-0.25, -0.2) is 12.8 Å². The molecule has 0 unspecified atom stereocenters. The number of halogens is 1. The van der Waals surface area contributed by atoms with Gasteiger partial charge in [0.25, 0.3) is 0 Å². The zero-order chi connectivity index (χ0) is 14.3. The van der Waals surface area contributed by atoms with Crippen molar-refractivity contribution in [3.8, 4) is 0 Å². The van der Waals surface area contributed by atoms with Crippen molar-refractivity contribution in [2.75, 3.05) is 18.8 Å². The van der Waals surface area contributed by atoms with E-state index in [2.05, 4.69) is 13.8 Å². The van der Waals surface area contributed by atoms with E-state index < -0.39 is 15.8 Å². The smallest absolute Gasteiger partial charge is 0.246 e. The molecule has 2 N–H and O–H groups in total. The highest BCUT2D eigenvalue weighted by Crippen LogP contribution is 2.33. The highest BCUT2D eigenvalue weighted by Gasteiger charge is 2.34. The van der Waals surface area contributed by atoms with Crippen molar-refractivity contribution in [3.63, 3.8) is 0 Å². The molecular formula is C13H19FN2O2S. The molecule has 1 saturated heterocycles. The average Bonchev–Trinajstić information content (AvgIpc) is 2.31. The minimum absolute atomic E-state index is 0.139. The number of hydrogen-bond donors (Lipinski definition) is 1. The third-order valence-electron chi connectivity index (χ3n) is 3.65. The van der Waals surface area contributed by atoms with E-state index in [1.165, 1.54) is 16.4 Å². The zero-order valence-electron chi connectivity index (χ0n) is 11.2. The zero-order valence-corrected chi connectivity index (χ0v) is 12.0. The van der Waals surface area contributed by atoms with Crippen molar-refractivity contribution in [1.29, 1.82) is 0 Å². The molecule has 0 amide bonds. The van der Waals surface area contributed by atoms with Gasteiger partial charge in [-0.3, -0.25) is 0 Å². The van der Waals surface area contributed by atoms with Crippen LogP contribution in [-0.4, -0.2) is 25.8 Å². The molecule has 0 spiro atoms. The van der Waals surface area contributed by atoms with Crippen LogP contribution in [0.1, 0.15) is 26.7 Å². The predicted octanol–water partition coefficient (Wildman–Crippen LogP) is 2.22. The van der Waals surface area contributed by atoms with Crippen molar-refractivity contribution >= 4 is 15.7 Å². The number of nitrogens with zero attached hydrogens (tertiary/aromatic N) is 1. The van der Waals surface area contributed by atoms with Gasteiger partial charge in [0.1, 0.15) is 10.7 Å². The molecule has 1 aliphatic rings. The number of anilines is 1. The van der Waals surface area contributed by atoms with E-state index in [4.69, 9.17) is 5.73 Å². The first kappa shape index (κ1) is 14.3. The van der Waals surface area contributed by atoms with E-state index in [0.29, 0.717) is 13.1 Å². The first-order valence-electron chi connectivity index (χ1n) is 6.28. The Morgan fingerprint density at radius 2 is 1.84 bits per heavy atom. The van der Waals surface area contributed by atoms with E-state index >= 15 is 0 Å². The number of piperidine rings is 1. The van der Waals surface area contributed by atoms with Crippen LogP contribution in [0.5, 0.6) is 0 Å². The maximum atomic E-state index is 13.7. The van der Waals surface area contributed by atoms with Gasteiger partial charge in [-0.2, -0.15) is 4.31 Å². The van der Waals surface area contributed by atoms with E-state index in [0.717, 1.165) is 18.9 Å². The van der Waals surface area contributed by atoms with Gasteiger partial charge in [0.15, 0.2) is 0 Å². The van der Waals surface area contributed by atoms with E-state index in [-0.39, 0.29) is 16.0 Å². The van der Waals surface area contributed by atoms with Crippen LogP contribution in [0.4, 0.5) is 10.1 Å². The Morgan fingerprint density at radius 1 is 1.26 bits per heavy atom. The Kier molecular flexibility index (Phi) is 3.57. The van der Waals surface area contributed by atoms with E-state index in [9.17, 15) is 12.8 Å². The van der Waals surface area contributed by atoms with Crippen LogP contribution in [0.3, 0.4) is 0 Å². The molecule has 6 heteroatoms. The molecule has 1 aliphatic heterocycles. The van der Waals surface area contributed by atoms with Gasteiger partial charge in [-0.05, 0) is 36.5 Å². The molecule has 2 rings (SSSR count). The number of rotatable bonds is 2. The van der Waals surface area contributed by atoms with Gasteiger partial charge in [0.2, 0.25) is 10.0 Å². The van der Waals surface area contributed by atoms with Crippen molar-refractivity contribution in [2.45, 2.75) is 31.6 Å². The van der Waals surface area contributed by atoms with Crippen LogP contribution in [0, 0.1) is 11.2 Å². The summed E-state index contributed by atoms with van der Waals surface area (Å²) < 4.78 is 39.9. The Morgan fingerprint density at radius 3 is 2.42 bits per heavy atom. The highest BCUT2D eigenvalue weighted by atomic mass is 32.2. The fourth-order valence-electron chi connectivity index (χ4n) is 2.19. The topological polar surface area (TPSA) is 63.4 Å². The second-order valence-electron chi connectivity index (χ2n) is 5.76. The van der Waals surface area contributed by atoms with Crippen LogP contribution in [-0.2, 0) is 10.0 Å². The number of nitrogen functional groups attached to an aromatic ring is 1. The second kappa shape index (κ2) is 4.76. The third-order valence-corrected chi connectivity index (χ3v) is 5.56. The van der Waals surface area contributed by atoms with Gasteiger partial charge in [-0.15, -0.1) is 0 Å². The first-order valence-corrected chi connectivity index (χ1v) is 7.72. The Balaban J connectivity index is 2.31. The van der Waals surface area contributed by atoms with Gasteiger partial charge in [0.05, 0.1) is 0 Å². The first-order chi connectivity index (χ1) is 8.72. The van der Waals surface area contributed by atoms with Crippen LogP contribution in [0.2, 0.25) is 0 Å². The maximum absolute atomic E-state index is 13.7. The summed E-state index contributed by atoms with van der Waals surface area (Å²) >= 11 is 0. The summed E-state index contributed by atoms with van der Waals surface area (Å²) in [6.45, 7) is 5.06. The summed E-state index contributed by atoms with van der Waals surface area (Å²) in [6.07, 6.45) is 1.55. The largest absolute Gasteiger partial charge is 0.399 e. The quantitative estimate of drug-likeness (QED) is 0.848. The summed E-state index contributed by atoms with van der Waals surface area (Å²) in [5, 5.41) is 0. The fourth-order valence-corrected chi connectivity index (χ4v) is 3.73. The fraction of sp³-hybridized carbons (Fsp3) is 0.538. The average molecular weight is 286 g/mol. The molecule has 1 heterocycles. The van der Waals surface area contributed by atoms with Crippen molar-refractivity contribution < 1.29 is 12.8 Å². The second-order valence-corrected chi connectivity index (χ2v) is 7.66. The molecule has 0 radical (unpaired) electrons. The Hall–Kier alpha value is -1.14. The molecule has 0 aromatic heterocycles. The lowest BCUT2D eigenvalue weighted by Crippen LogP contribution is -2.41. The minimum Gasteiger partial charge on any atom is -0.399 e. The summed E-state index contributed by atoms with van der Waals surface area (Å²) in [5.41, 5.74) is 5.93. The van der Waals surface area contributed by atoms with Crippen molar-refractivity contribution in [3.05, 3.63) is 24.0 Å². The Labute approximate surface area is 113 Å². The molecule has 1 aromatic rings. The lowest BCUT2D eigenvalue weighted by Gasteiger charge is -2.36. The summed E-state index contributed by atoms with van der Waals surface area (Å²) in [7, 11) is -3.79. The van der Waals surface area contributed by atoms with Crippen LogP contribution in [0.25, 0.3) is 0 Å². The van der Waals surface area contributed by atoms with Gasteiger partial charge in [0, 0.05) is 18.8 Å². The monoisotopic (exact) mass is 286 g/mol. The lowest BCUT2D eigenvalue weighted by atomic mass is 9.83. The number of sulfonamides is 1. The minimum atomic E-state index is -3.79. The molecule has 0 saturated carbocycles. The number of nitrogens with two attached hydrogens (primary N) is 1. The highest BCUT2D eigenvalue weighted by molar-refractivity contribution is 7.89. The normalized spacial score (nSPS) is 20.4. The molecule has 0 atom stereocenters. The maximum Gasteiger partial charge on any atom is 0.246 e. The summed E-state index contributed by atoms with van der Waals surface area (Å²) in [4.78, 5) is -0.327. The van der Waals surface area contributed by atoms with Gasteiger partial charge in [-0.1, -0.05) is 13.8 Å². The van der Waals surface area contributed by atoms with E-state index in [1.54, 1.807) is 0 Å².